The standard InChI is InChI=1S/C7H14N2O3.C4H6O/c1-4(2)5(10)9-7(12)6(11)8-3;1-4(2)3-5/h6-8,11-12H,1H2,2-3H3,(H,9,10);3H,1H2,2H3. The molecule has 0 aliphatic carbocycles. The molecule has 0 heterocycles. The first-order valence-corrected chi connectivity index (χ1v) is 4.86. The fourth-order valence-corrected chi connectivity index (χ4v) is 0.494. The third-order valence-electron chi connectivity index (χ3n) is 1.46. The predicted molar refractivity (Wildman–Crippen MR) is 64.9 cm³/mol. The topological polar surface area (TPSA) is 98.7 Å². The van der Waals surface area contributed by atoms with Crippen LogP contribution in [0.1, 0.15) is 13.8 Å². The van der Waals surface area contributed by atoms with Crippen molar-refractivity contribution >= 4 is 12.2 Å². The van der Waals surface area contributed by atoms with E-state index >= 15 is 0 Å². The smallest absolute Gasteiger partial charge is 0.248 e. The van der Waals surface area contributed by atoms with Crippen LogP contribution in [0.15, 0.2) is 24.3 Å². The average Bonchev–Trinajstić information content (AvgIpc) is 2.28. The number of hydrogen-bond donors (Lipinski definition) is 4. The molecule has 0 saturated heterocycles. The van der Waals surface area contributed by atoms with E-state index in [1.807, 2.05) is 0 Å². The molecule has 0 radical (unpaired) electrons. The van der Waals surface area contributed by atoms with E-state index in [0.717, 1.165) is 6.29 Å². The van der Waals surface area contributed by atoms with Crippen LogP contribution in [0.3, 0.4) is 0 Å². The van der Waals surface area contributed by atoms with Crippen molar-refractivity contribution in [2.45, 2.75) is 26.3 Å². The molecule has 6 heteroatoms. The number of aldehydes is 1. The monoisotopic (exact) mass is 244 g/mol. The molecule has 0 aromatic rings. The SMILES string of the molecule is C=C(C)C(=O)NC(O)C(O)NC.C=C(C)C=O. The molecule has 2 atom stereocenters. The average molecular weight is 244 g/mol. The van der Waals surface area contributed by atoms with Crippen molar-refractivity contribution < 1.29 is 19.8 Å². The molecule has 2 unspecified atom stereocenters. The Morgan fingerprint density at radius 2 is 1.65 bits per heavy atom. The van der Waals surface area contributed by atoms with Gasteiger partial charge in [-0.1, -0.05) is 13.2 Å². The van der Waals surface area contributed by atoms with Crippen molar-refractivity contribution in [2.75, 3.05) is 7.05 Å². The normalized spacial score (nSPS) is 12.5. The second-order valence-corrected chi connectivity index (χ2v) is 3.40. The molecule has 0 spiro atoms. The maximum atomic E-state index is 10.9. The van der Waals surface area contributed by atoms with Crippen molar-refractivity contribution in [3.05, 3.63) is 24.3 Å². The van der Waals surface area contributed by atoms with E-state index < -0.39 is 18.4 Å². The molecular formula is C11H20N2O4. The number of allylic oxidation sites excluding steroid dienone is 1. The minimum Gasteiger partial charge on any atom is -0.374 e. The Bertz CT molecular complexity index is 289. The maximum absolute atomic E-state index is 10.9. The molecule has 0 aliphatic heterocycles. The van der Waals surface area contributed by atoms with Crippen LogP contribution in [-0.2, 0) is 9.59 Å². The van der Waals surface area contributed by atoms with Gasteiger partial charge in [-0.25, -0.2) is 0 Å². The molecule has 17 heavy (non-hydrogen) atoms. The van der Waals surface area contributed by atoms with E-state index in [4.69, 9.17) is 10.2 Å². The summed E-state index contributed by atoms with van der Waals surface area (Å²) in [5.41, 5.74) is 0.849. The number of rotatable bonds is 5. The number of likely N-dealkylation sites (N-methyl/N-ethyl adjacent to an activating group) is 1. The van der Waals surface area contributed by atoms with Crippen LogP contribution < -0.4 is 10.6 Å². The Morgan fingerprint density at radius 3 is 1.88 bits per heavy atom. The molecule has 0 rings (SSSR count). The molecule has 98 valence electrons. The molecule has 0 aromatic carbocycles. The molecule has 0 saturated carbocycles. The van der Waals surface area contributed by atoms with Crippen LogP contribution >= 0.6 is 0 Å². The lowest BCUT2D eigenvalue weighted by atomic mass is 10.3. The molecule has 0 aliphatic rings. The number of aliphatic hydroxyl groups is 2. The molecule has 4 N–H and O–H groups in total. The zero-order valence-corrected chi connectivity index (χ0v) is 10.4. The van der Waals surface area contributed by atoms with Gasteiger partial charge in [-0.05, 0) is 26.5 Å². The molecule has 1 amide bonds. The highest BCUT2D eigenvalue weighted by molar-refractivity contribution is 5.92. The Hall–Kier alpha value is -1.50. The highest BCUT2D eigenvalue weighted by Crippen LogP contribution is 1.89. The Morgan fingerprint density at radius 1 is 1.24 bits per heavy atom. The molecule has 0 bridgehead atoms. The van der Waals surface area contributed by atoms with E-state index in [1.165, 1.54) is 14.0 Å². The summed E-state index contributed by atoms with van der Waals surface area (Å²) in [6.45, 7) is 9.84. The largest absolute Gasteiger partial charge is 0.374 e. The van der Waals surface area contributed by atoms with Gasteiger partial charge in [0.2, 0.25) is 5.91 Å². The van der Waals surface area contributed by atoms with E-state index in [0.29, 0.717) is 5.57 Å². The maximum Gasteiger partial charge on any atom is 0.248 e. The molecule has 0 aromatic heterocycles. The van der Waals surface area contributed by atoms with Crippen LogP contribution in [0.2, 0.25) is 0 Å². The summed E-state index contributed by atoms with van der Waals surface area (Å²) in [6, 6.07) is 0. The summed E-state index contributed by atoms with van der Waals surface area (Å²) in [4.78, 5) is 20.3. The Balaban J connectivity index is 0. The van der Waals surface area contributed by atoms with Gasteiger partial charge >= 0.3 is 0 Å². The number of amides is 1. The van der Waals surface area contributed by atoms with Crippen LogP contribution in [-0.4, -0.2) is 41.9 Å². The Kier molecular flexibility index (Phi) is 10.2. The van der Waals surface area contributed by atoms with Gasteiger partial charge in [-0.3, -0.25) is 14.9 Å². The first kappa shape index (κ1) is 17.9. The summed E-state index contributed by atoms with van der Waals surface area (Å²) in [5, 5.41) is 22.5. The van der Waals surface area contributed by atoms with Crippen molar-refractivity contribution in [1.29, 1.82) is 0 Å². The fraction of sp³-hybridized carbons (Fsp3) is 0.455. The lowest BCUT2D eigenvalue weighted by Gasteiger charge is -2.17. The Labute approximate surface area is 101 Å². The minimum absolute atomic E-state index is 0.275. The third kappa shape index (κ3) is 10.8. The molecule has 0 fully saturated rings. The number of hydrogen-bond acceptors (Lipinski definition) is 5. The van der Waals surface area contributed by atoms with Gasteiger partial charge in [-0.2, -0.15) is 0 Å². The highest BCUT2D eigenvalue weighted by atomic mass is 16.4. The van der Waals surface area contributed by atoms with Crippen molar-refractivity contribution in [3.8, 4) is 0 Å². The summed E-state index contributed by atoms with van der Waals surface area (Å²) < 4.78 is 0. The first-order valence-electron chi connectivity index (χ1n) is 4.86. The summed E-state index contributed by atoms with van der Waals surface area (Å²) in [5.74, 6) is -0.489. The summed E-state index contributed by atoms with van der Waals surface area (Å²) >= 11 is 0. The van der Waals surface area contributed by atoms with Gasteiger partial charge in [0.05, 0.1) is 0 Å². The third-order valence-corrected chi connectivity index (χ3v) is 1.46. The predicted octanol–water partition coefficient (Wildman–Crippen LogP) is -0.704. The first-order chi connectivity index (χ1) is 7.76. The number of aliphatic hydroxyl groups excluding tert-OH is 2. The van der Waals surface area contributed by atoms with Gasteiger partial charge < -0.3 is 15.5 Å². The lowest BCUT2D eigenvalue weighted by Crippen LogP contribution is -2.48. The van der Waals surface area contributed by atoms with E-state index in [-0.39, 0.29) is 5.57 Å². The highest BCUT2D eigenvalue weighted by Gasteiger charge is 2.15. The molecular weight excluding hydrogens is 224 g/mol. The van der Waals surface area contributed by atoms with Crippen molar-refractivity contribution in [2.24, 2.45) is 0 Å². The van der Waals surface area contributed by atoms with Crippen molar-refractivity contribution in [1.82, 2.24) is 10.6 Å². The van der Waals surface area contributed by atoms with Gasteiger partial charge in [0.25, 0.3) is 0 Å². The summed E-state index contributed by atoms with van der Waals surface area (Å²) in [7, 11) is 1.46. The quantitative estimate of drug-likeness (QED) is 0.291. The van der Waals surface area contributed by atoms with E-state index in [9.17, 15) is 9.59 Å². The van der Waals surface area contributed by atoms with Gasteiger partial charge in [-0.15, -0.1) is 0 Å². The van der Waals surface area contributed by atoms with Crippen LogP contribution in [0, 0.1) is 0 Å². The van der Waals surface area contributed by atoms with Gasteiger partial charge in [0.1, 0.15) is 12.5 Å². The minimum atomic E-state index is -1.32. The number of nitrogens with one attached hydrogen (secondary N) is 2. The van der Waals surface area contributed by atoms with E-state index in [1.54, 1.807) is 6.92 Å². The zero-order chi connectivity index (χ0) is 14.0. The number of carbonyl (C=O) groups excluding carboxylic acids is 2. The van der Waals surface area contributed by atoms with E-state index in [2.05, 4.69) is 23.8 Å². The van der Waals surface area contributed by atoms with Crippen LogP contribution in [0.5, 0.6) is 0 Å². The van der Waals surface area contributed by atoms with Crippen molar-refractivity contribution in [3.63, 3.8) is 0 Å². The fourth-order valence-electron chi connectivity index (χ4n) is 0.494. The van der Waals surface area contributed by atoms with Gasteiger partial charge in [0.15, 0.2) is 6.23 Å². The second-order valence-electron chi connectivity index (χ2n) is 3.40. The van der Waals surface area contributed by atoms with Gasteiger partial charge in [0, 0.05) is 5.57 Å². The van der Waals surface area contributed by atoms with Crippen LogP contribution in [0.25, 0.3) is 0 Å². The molecule has 6 nitrogen and oxygen atoms in total. The number of carbonyl (C=O) groups is 2. The van der Waals surface area contributed by atoms with Crippen LogP contribution in [0.4, 0.5) is 0 Å². The lowest BCUT2D eigenvalue weighted by molar-refractivity contribution is -0.123. The summed E-state index contributed by atoms with van der Waals surface area (Å²) in [6.07, 6.45) is -1.77. The second kappa shape index (κ2) is 9.71. The zero-order valence-electron chi connectivity index (χ0n) is 10.4.